The van der Waals surface area contributed by atoms with Crippen LogP contribution in [0, 0.1) is 0 Å². The first-order valence-corrected chi connectivity index (χ1v) is 6.40. The Labute approximate surface area is 104 Å². The molecular formula is C14H22N2O. The fourth-order valence-electron chi connectivity index (χ4n) is 2.27. The lowest BCUT2D eigenvalue weighted by molar-refractivity contribution is 0.156. The summed E-state index contributed by atoms with van der Waals surface area (Å²) < 4.78 is 6.03. The lowest BCUT2D eigenvalue weighted by atomic mass is 9.98. The van der Waals surface area contributed by atoms with E-state index in [1.54, 1.807) is 0 Å². The van der Waals surface area contributed by atoms with Gasteiger partial charge in [-0.05, 0) is 37.8 Å². The second-order valence-corrected chi connectivity index (χ2v) is 4.99. The van der Waals surface area contributed by atoms with Crippen LogP contribution < -0.4 is 15.4 Å². The van der Waals surface area contributed by atoms with Crippen LogP contribution in [0.2, 0.25) is 0 Å². The predicted molar refractivity (Wildman–Crippen MR) is 72.7 cm³/mol. The molecule has 0 heterocycles. The standard InChI is InChI=1S/C14H22N2O/c1-16(2)11-8-9-13(15)14(10-11)17-12-6-4-3-5-7-12/h8-10,12H,3-7,15H2,1-2H3. The molecule has 2 rings (SSSR count). The molecule has 1 aliphatic carbocycles. The smallest absolute Gasteiger partial charge is 0.144 e. The van der Waals surface area contributed by atoms with Gasteiger partial charge in [-0.25, -0.2) is 0 Å². The lowest BCUT2D eigenvalue weighted by Crippen LogP contribution is -2.20. The molecule has 0 radical (unpaired) electrons. The number of anilines is 2. The van der Waals surface area contributed by atoms with Gasteiger partial charge in [0.15, 0.2) is 0 Å². The van der Waals surface area contributed by atoms with Gasteiger partial charge in [0.1, 0.15) is 5.75 Å². The van der Waals surface area contributed by atoms with Gasteiger partial charge in [0.2, 0.25) is 0 Å². The topological polar surface area (TPSA) is 38.5 Å². The molecule has 1 aromatic carbocycles. The van der Waals surface area contributed by atoms with Gasteiger partial charge in [0, 0.05) is 25.8 Å². The zero-order valence-corrected chi connectivity index (χ0v) is 10.8. The molecular weight excluding hydrogens is 212 g/mol. The van der Waals surface area contributed by atoms with Gasteiger partial charge in [-0.1, -0.05) is 6.42 Å². The van der Waals surface area contributed by atoms with Crippen LogP contribution in [0.4, 0.5) is 11.4 Å². The number of nitrogens with two attached hydrogens (primary N) is 1. The van der Waals surface area contributed by atoms with Gasteiger partial charge < -0.3 is 15.4 Å². The van der Waals surface area contributed by atoms with Crippen LogP contribution in [-0.2, 0) is 0 Å². The van der Waals surface area contributed by atoms with E-state index in [1.165, 1.54) is 19.3 Å². The molecule has 94 valence electrons. The number of nitrogen functional groups attached to an aromatic ring is 1. The molecule has 0 spiro atoms. The maximum Gasteiger partial charge on any atom is 0.144 e. The van der Waals surface area contributed by atoms with Gasteiger partial charge >= 0.3 is 0 Å². The van der Waals surface area contributed by atoms with E-state index in [1.807, 2.05) is 32.3 Å². The van der Waals surface area contributed by atoms with Crippen molar-refractivity contribution in [1.29, 1.82) is 0 Å². The Balaban J connectivity index is 2.10. The molecule has 2 N–H and O–H groups in total. The van der Waals surface area contributed by atoms with Crippen LogP contribution in [-0.4, -0.2) is 20.2 Å². The molecule has 0 atom stereocenters. The molecule has 0 aliphatic heterocycles. The monoisotopic (exact) mass is 234 g/mol. The second-order valence-electron chi connectivity index (χ2n) is 4.99. The Morgan fingerprint density at radius 2 is 1.88 bits per heavy atom. The lowest BCUT2D eigenvalue weighted by Gasteiger charge is -2.24. The summed E-state index contributed by atoms with van der Waals surface area (Å²) in [6.07, 6.45) is 6.56. The van der Waals surface area contributed by atoms with Crippen molar-refractivity contribution in [3.63, 3.8) is 0 Å². The number of rotatable bonds is 3. The molecule has 3 nitrogen and oxygen atoms in total. The Morgan fingerprint density at radius 3 is 2.53 bits per heavy atom. The Hall–Kier alpha value is -1.38. The quantitative estimate of drug-likeness (QED) is 0.817. The number of hydrogen-bond donors (Lipinski definition) is 1. The highest BCUT2D eigenvalue weighted by Crippen LogP contribution is 2.30. The fourth-order valence-corrected chi connectivity index (χ4v) is 2.27. The Bertz CT molecular complexity index is 370. The highest BCUT2D eigenvalue weighted by Gasteiger charge is 2.16. The summed E-state index contributed by atoms with van der Waals surface area (Å²) in [7, 11) is 4.05. The van der Waals surface area contributed by atoms with Crippen molar-refractivity contribution < 1.29 is 4.74 Å². The van der Waals surface area contributed by atoms with Gasteiger partial charge in [0.25, 0.3) is 0 Å². The number of nitrogens with zero attached hydrogens (tertiary/aromatic N) is 1. The molecule has 0 amide bonds. The van der Waals surface area contributed by atoms with Crippen molar-refractivity contribution in [2.45, 2.75) is 38.2 Å². The SMILES string of the molecule is CN(C)c1ccc(N)c(OC2CCCCC2)c1. The fraction of sp³-hybridized carbons (Fsp3) is 0.571. The molecule has 17 heavy (non-hydrogen) atoms. The Kier molecular flexibility index (Phi) is 3.77. The van der Waals surface area contributed by atoms with Crippen molar-refractivity contribution in [3.8, 4) is 5.75 Å². The third-order valence-electron chi connectivity index (χ3n) is 3.36. The zero-order valence-electron chi connectivity index (χ0n) is 10.8. The van der Waals surface area contributed by atoms with E-state index in [0.717, 1.165) is 30.0 Å². The summed E-state index contributed by atoms with van der Waals surface area (Å²) in [6.45, 7) is 0. The zero-order chi connectivity index (χ0) is 12.3. The average molecular weight is 234 g/mol. The summed E-state index contributed by atoms with van der Waals surface area (Å²) in [5.74, 6) is 0.836. The summed E-state index contributed by atoms with van der Waals surface area (Å²) >= 11 is 0. The summed E-state index contributed by atoms with van der Waals surface area (Å²) in [5.41, 5.74) is 7.83. The molecule has 0 unspecified atom stereocenters. The second kappa shape index (κ2) is 5.30. The summed E-state index contributed by atoms with van der Waals surface area (Å²) in [6, 6.07) is 5.97. The van der Waals surface area contributed by atoms with Gasteiger partial charge in [-0.3, -0.25) is 0 Å². The molecule has 1 aromatic rings. The predicted octanol–water partition coefficient (Wildman–Crippen LogP) is 3.05. The van der Waals surface area contributed by atoms with Crippen molar-refractivity contribution >= 4 is 11.4 Å². The van der Waals surface area contributed by atoms with E-state index in [9.17, 15) is 0 Å². The van der Waals surface area contributed by atoms with Crippen molar-refractivity contribution in [1.82, 2.24) is 0 Å². The Morgan fingerprint density at radius 1 is 1.18 bits per heavy atom. The minimum atomic E-state index is 0.350. The third kappa shape index (κ3) is 3.05. The van der Waals surface area contributed by atoms with Crippen LogP contribution >= 0.6 is 0 Å². The number of ether oxygens (including phenoxy) is 1. The first kappa shape index (κ1) is 12.1. The maximum absolute atomic E-state index is 6.03. The molecule has 1 saturated carbocycles. The minimum Gasteiger partial charge on any atom is -0.488 e. The van der Waals surface area contributed by atoms with E-state index in [0.29, 0.717) is 6.10 Å². The molecule has 3 heteroatoms. The van der Waals surface area contributed by atoms with E-state index in [-0.39, 0.29) is 0 Å². The van der Waals surface area contributed by atoms with Crippen molar-refractivity contribution in [2.75, 3.05) is 24.7 Å². The number of hydrogen-bond acceptors (Lipinski definition) is 3. The van der Waals surface area contributed by atoms with Crippen molar-refractivity contribution in [3.05, 3.63) is 18.2 Å². The van der Waals surface area contributed by atoms with Crippen LogP contribution in [0.3, 0.4) is 0 Å². The maximum atomic E-state index is 6.03. The molecule has 0 aromatic heterocycles. The minimum absolute atomic E-state index is 0.350. The largest absolute Gasteiger partial charge is 0.488 e. The summed E-state index contributed by atoms with van der Waals surface area (Å²) in [5, 5.41) is 0. The van der Waals surface area contributed by atoms with Crippen LogP contribution in [0.25, 0.3) is 0 Å². The van der Waals surface area contributed by atoms with Gasteiger partial charge in [-0.2, -0.15) is 0 Å². The van der Waals surface area contributed by atoms with E-state index < -0.39 is 0 Å². The average Bonchev–Trinajstić information content (AvgIpc) is 2.33. The van der Waals surface area contributed by atoms with E-state index in [2.05, 4.69) is 4.90 Å². The first-order valence-electron chi connectivity index (χ1n) is 6.40. The van der Waals surface area contributed by atoms with Crippen molar-refractivity contribution in [2.24, 2.45) is 0 Å². The highest BCUT2D eigenvalue weighted by molar-refractivity contribution is 5.61. The normalized spacial score (nSPS) is 16.8. The first-order chi connectivity index (χ1) is 8.16. The molecule has 1 fully saturated rings. The van der Waals surface area contributed by atoms with Crippen LogP contribution in [0.1, 0.15) is 32.1 Å². The highest BCUT2D eigenvalue weighted by atomic mass is 16.5. The third-order valence-corrected chi connectivity index (χ3v) is 3.36. The summed E-state index contributed by atoms with van der Waals surface area (Å²) in [4.78, 5) is 2.06. The molecule has 1 aliphatic rings. The van der Waals surface area contributed by atoms with Gasteiger partial charge in [-0.15, -0.1) is 0 Å². The van der Waals surface area contributed by atoms with E-state index >= 15 is 0 Å². The number of benzene rings is 1. The van der Waals surface area contributed by atoms with Crippen LogP contribution in [0.15, 0.2) is 18.2 Å². The van der Waals surface area contributed by atoms with Crippen LogP contribution in [0.5, 0.6) is 5.75 Å². The van der Waals surface area contributed by atoms with E-state index in [4.69, 9.17) is 10.5 Å². The van der Waals surface area contributed by atoms with Gasteiger partial charge in [0.05, 0.1) is 11.8 Å². The molecule has 0 saturated heterocycles. The molecule has 0 bridgehead atoms.